The highest BCUT2D eigenvalue weighted by atomic mass is 19.4. The highest BCUT2D eigenvalue weighted by molar-refractivity contribution is 5.96. The van der Waals surface area contributed by atoms with Crippen LogP contribution in [-0.4, -0.2) is 132 Å². The topological polar surface area (TPSA) is 121 Å². The summed E-state index contributed by atoms with van der Waals surface area (Å²) >= 11 is 0. The molecule has 1 N–H and O–H groups in total. The first-order valence-electron chi connectivity index (χ1n) is 16.3. The van der Waals surface area contributed by atoms with E-state index >= 15 is 0 Å². The van der Waals surface area contributed by atoms with Crippen molar-refractivity contribution in [1.82, 2.24) is 0 Å². The van der Waals surface area contributed by atoms with Gasteiger partial charge in [0.05, 0.1) is 129 Å². The van der Waals surface area contributed by atoms with E-state index in [1.807, 2.05) is 6.92 Å². The van der Waals surface area contributed by atoms with E-state index in [1.54, 1.807) is 18.2 Å². The molecule has 0 unspecified atom stereocenters. The molecule has 278 valence electrons. The van der Waals surface area contributed by atoms with Crippen LogP contribution < -0.4 is 5.32 Å². The molecule has 0 amide bonds. The first-order valence-corrected chi connectivity index (χ1v) is 16.3. The maximum Gasteiger partial charge on any atom is 0.416 e. The van der Waals surface area contributed by atoms with Crippen LogP contribution in [-0.2, 0) is 53.5 Å². The standard InChI is InChI=1S/C34H50F3NO11/c1-2-40-10-11-41-12-13-42-14-15-43-16-17-44-18-19-45-20-21-46-22-23-47-24-25-48-26-27-49-33(39)31-8-3-4-9-32(31)38-30-7-5-6-29(28-30)34(35,36)37/h3-9,28,38H,2,10-27H2,1H3. The fourth-order valence-electron chi connectivity index (χ4n) is 3.87. The van der Waals surface area contributed by atoms with Crippen molar-refractivity contribution in [1.29, 1.82) is 0 Å². The summed E-state index contributed by atoms with van der Waals surface area (Å²) in [4.78, 5) is 12.6. The van der Waals surface area contributed by atoms with E-state index in [2.05, 4.69) is 5.32 Å². The van der Waals surface area contributed by atoms with Gasteiger partial charge in [0.1, 0.15) is 6.61 Å². The lowest BCUT2D eigenvalue weighted by Gasteiger charge is -2.13. The van der Waals surface area contributed by atoms with Gasteiger partial charge < -0.3 is 52.7 Å². The van der Waals surface area contributed by atoms with Gasteiger partial charge in [-0.1, -0.05) is 18.2 Å². The predicted molar refractivity (Wildman–Crippen MR) is 174 cm³/mol. The summed E-state index contributed by atoms with van der Waals surface area (Å²) in [5, 5.41) is 2.86. The molecule has 0 heterocycles. The fraction of sp³-hybridized carbons (Fsp3) is 0.618. The summed E-state index contributed by atoms with van der Waals surface area (Å²) in [5.41, 5.74) is -0.0843. The van der Waals surface area contributed by atoms with Crippen LogP contribution in [0.3, 0.4) is 0 Å². The van der Waals surface area contributed by atoms with Gasteiger partial charge in [0.15, 0.2) is 0 Å². The molecule has 0 aliphatic heterocycles. The Kier molecular flexibility index (Phi) is 24.1. The molecule has 2 aromatic rings. The van der Waals surface area contributed by atoms with Crippen molar-refractivity contribution in [3.63, 3.8) is 0 Å². The number of esters is 1. The Hall–Kier alpha value is -2.86. The van der Waals surface area contributed by atoms with Gasteiger partial charge in [0.2, 0.25) is 0 Å². The van der Waals surface area contributed by atoms with E-state index in [1.165, 1.54) is 18.2 Å². The summed E-state index contributed by atoms with van der Waals surface area (Å²) in [6.45, 7) is 10.3. The Labute approximate surface area is 286 Å². The number of nitrogens with one attached hydrogen (secondary N) is 1. The Morgan fingerprint density at radius 2 is 0.959 bits per heavy atom. The molecule has 0 aliphatic carbocycles. The number of hydrogen-bond donors (Lipinski definition) is 1. The monoisotopic (exact) mass is 705 g/mol. The summed E-state index contributed by atoms with van der Waals surface area (Å²) in [6.07, 6.45) is -4.48. The summed E-state index contributed by atoms with van der Waals surface area (Å²) in [7, 11) is 0. The Morgan fingerprint density at radius 1 is 0.551 bits per heavy atom. The van der Waals surface area contributed by atoms with Crippen LogP contribution in [0.1, 0.15) is 22.8 Å². The zero-order valence-corrected chi connectivity index (χ0v) is 28.2. The Bertz CT molecular complexity index is 1110. The lowest BCUT2D eigenvalue weighted by molar-refractivity contribution is -0.137. The van der Waals surface area contributed by atoms with Crippen molar-refractivity contribution in [2.45, 2.75) is 13.1 Å². The van der Waals surface area contributed by atoms with Gasteiger partial charge in [0, 0.05) is 12.3 Å². The van der Waals surface area contributed by atoms with Gasteiger partial charge in [-0.05, 0) is 37.3 Å². The summed E-state index contributed by atoms with van der Waals surface area (Å²) < 4.78 is 92.9. The molecule has 12 nitrogen and oxygen atoms in total. The average Bonchev–Trinajstić information content (AvgIpc) is 3.09. The number of halogens is 3. The Morgan fingerprint density at radius 3 is 1.39 bits per heavy atom. The Balaban J connectivity index is 1.34. The third kappa shape index (κ3) is 21.8. The van der Waals surface area contributed by atoms with E-state index in [0.717, 1.165) is 12.1 Å². The van der Waals surface area contributed by atoms with Gasteiger partial charge in [-0.15, -0.1) is 0 Å². The van der Waals surface area contributed by atoms with Crippen molar-refractivity contribution in [2.75, 3.05) is 131 Å². The summed E-state index contributed by atoms with van der Waals surface area (Å²) in [6, 6.07) is 11.1. The second-order valence-corrected chi connectivity index (χ2v) is 9.98. The highest BCUT2D eigenvalue weighted by Crippen LogP contribution is 2.32. The van der Waals surface area contributed by atoms with Gasteiger partial charge in [-0.3, -0.25) is 0 Å². The molecule has 2 aromatic carbocycles. The molecule has 0 aliphatic rings. The molecule has 2 rings (SSSR count). The third-order valence-corrected chi connectivity index (χ3v) is 6.26. The predicted octanol–water partition coefficient (Wildman–Crippen LogP) is 4.78. The molecule has 0 fully saturated rings. The van der Waals surface area contributed by atoms with Gasteiger partial charge in [0.25, 0.3) is 0 Å². The number of rotatable bonds is 31. The first-order chi connectivity index (χ1) is 23.9. The molecular formula is C34H50F3NO11. The normalized spacial score (nSPS) is 11.6. The van der Waals surface area contributed by atoms with E-state index in [0.29, 0.717) is 118 Å². The van der Waals surface area contributed by atoms with E-state index in [9.17, 15) is 18.0 Å². The van der Waals surface area contributed by atoms with E-state index in [-0.39, 0.29) is 24.5 Å². The largest absolute Gasteiger partial charge is 0.460 e. The molecule has 0 bridgehead atoms. The smallest absolute Gasteiger partial charge is 0.416 e. The lowest BCUT2D eigenvalue weighted by Crippen LogP contribution is -2.16. The molecule has 0 saturated carbocycles. The second-order valence-electron chi connectivity index (χ2n) is 9.98. The van der Waals surface area contributed by atoms with Gasteiger partial charge in [-0.25, -0.2) is 4.79 Å². The first kappa shape index (κ1) is 42.3. The van der Waals surface area contributed by atoms with Crippen LogP contribution in [0.4, 0.5) is 24.5 Å². The van der Waals surface area contributed by atoms with Crippen molar-refractivity contribution >= 4 is 17.3 Å². The fourth-order valence-corrected chi connectivity index (χ4v) is 3.87. The maximum absolute atomic E-state index is 13.0. The average molecular weight is 706 g/mol. The highest BCUT2D eigenvalue weighted by Gasteiger charge is 2.30. The van der Waals surface area contributed by atoms with E-state index in [4.69, 9.17) is 47.4 Å². The zero-order chi connectivity index (χ0) is 35.3. The number of hydrogen-bond acceptors (Lipinski definition) is 12. The molecule has 15 heteroatoms. The molecule has 0 aromatic heterocycles. The second kappa shape index (κ2) is 27.9. The van der Waals surface area contributed by atoms with Crippen LogP contribution in [0.2, 0.25) is 0 Å². The van der Waals surface area contributed by atoms with Crippen LogP contribution in [0.25, 0.3) is 0 Å². The minimum atomic E-state index is -4.48. The number of anilines is 2. The van der Waals surface area contributed by atoms with Crippen molar-refractivity contribution in [2.24, 2.45) is 0 Å². The van der Waals surface area contributed by atoms with Crippen LogP contribution in [0.15, 0.2) is 48.5 Å². The van der Waals surface area contributed by atoms with Crippen molar-refractivity contribution in [3.05, 3.63) is 59.7 Å². The molecule has 0 radical (unpaired) electrons. The molecule has 0 spiro atoms. The minimum absolute atomic E-state index is 0.00121. The van der Waals surface area contributed by atoms with Crippen LogP contribution in [0, 0.1) is 0 Å². The van der Waals surface area contributed by atoms with Gasteiger partial charge in [-0.2, -0.15) is 13.2 Å². The number of carbonyl (C=O) groups is 1. The number of alkyl halides is 3. The maximum atomic E-state index is 13.0. The zero-order valence-electron chi connectivity index (χ0n) is 28.2. The SMILES string of the molecule is CCOCCOCCOCCOCCOCCOCCOCCOCCOCCOC(=O)c1ccccc1Nc1cccc(C(F)(F)F)c1. The molecule has 49 heavy (non-hydrogen) atoms. The van der Waals surface area contributed by atoms with Crippen molar-refractivity contribution < 1.29 is 65.3 Å². The van der Waals surface area contributed by atoms with Crippen LogP contribution in [0.5, 0.6) is 0 Å². The number of para-hydroxylation sites is 1. The molecule has 0 saturated heterocycles. The minimum Gasteiger partial charge on any atom is -0.460 e. The van der Waals surface area contributed by atoms with E-state index < -0.39 is 17.7 Å². The number of carbonyl (C=O) groups excluding carboxylic acids is 1. The third-order valence-electron chi connectivity index (χ3n) is 6.26. The quantitative estimate of drug-likeness (QED) is 0.0859. The van der Waals surface area contributed by atoms with Gasteiger partial charge >= 0.3 is 12.1 Å². The van der Waals surface area contributed by atoms with Crippen LogP contribution >= 0.6 is 0 Å². The lowest BCUT2D eigenvalue weighted by atomic mass is 10.1. The number of ether oxygens (including phenoxy) is 10. The molecular weight excluding hydrogens is 655 g/mol. The number of benzene rings is 2. The summed E-state index contributed by atoms with van der Waals surface area (Å²) in [5.74, 6) is -0.627. The molecule has 0 atom stereocenters. The van der Waals surface area contributed by atoms with Crippen molar-refractivity contribution in [3.8, 4) is 0 Å².